The summed E-state index contributed by atoms with van der Waals surface area (Å²) in [6.07, 6.45) is 0.920. The third-order valence-corrected chi connectivity index (χ3v) is 7.69. The Balaban J connectivity index is 1.30. The number of carboxylic acid groups (broad SMARTS) is 1. The molecule has 0 spiro atoms. The molecule has 0 saturated heterocycles. The summed E-state index contributed by atoms with van der Waals surface area (Å²) in [6, 6.07) is 43.4. The highest BCUT2D eigenvalue weighted by Crippen LogP contribution is 2.37. The Kier molecular flexibility index (Phi) is 7.78. The van der Waals surface area contributed by atoms with Crippen molar-refractivity contribution >= 4 is 22.7 Å². The van der Waals surface area contributed by atoms with E-state index in [1.807, 2.05) is 97.1 Å². The summed E-state index contributed by atoms with van der Waals surface area (Å²) < 4.78 is 6.33. The molecular weight excluding hydrogens is 520 g/mol. The summed E-state index contributed by atoms with van der Waals surface area (Å²) in [4.78, 5) is 25.5. The van der Waals surface area contributed by atoms with Crippen LogP contribution in [0, 0.1) is 5.92 Å². The van der Waals surface area contributed by atoms with Gasteiger partial charge in [0.25, 0.3) is 0 Å². The number of fused-ring (bicyclic) bond motifs is 1. The number of hydrogen-bond acceptors (Lipinski definition) is 3. The predicted octanol–water partition coefficient (Wildman–Crippen LogP) is 8.87. The van der Waals surface area contributed by atoms with Crippen LogP contribution in [0.2, 0.25) is 0 Å². The van der Waals surface area contributed by atoms with E-state index in [0.717, 1.165) is 44.5 Å². The van der Waals surface area contributed by atoms with E-state index < -0.39 is 11.9 Å². The minimum Gasteiger partial charge on any atom is -0.481 e. The molecule has 1 aromatic heterocycles. The zero-order valence-electron chi connectivity index (χ0n) is 23.1. The van der Waals surface area contributed by atoms with Crippen molar-refractivity contribution in [3.05, 3.63) is 156 Å². The van der Waals surface area contributed by atoms with Gasteiger partial charge in [-0.1, -0.05) is 127 Å². The molecule has 0 aliphatic rings. The lowest BCUT2D eigenvalue weighted by Crippen LogP contribution is -2.20. The van der Waals surface area contributed by atoms with Gasteiger partial charge >= 0.3 is 5.97 Å². The Bertz CT molecular complexity index is 1830. The maximum atomic E-state index is 13.5. The summed E-state index contributed by atoms with van der Waals surface area (Å²) in [5, 5.41) is 10.9. The van der Waals surface area contributed by atoms with Gasteiger partial charge in [-0.05, 0) is 40.3 Å². The fraction of sp³-hybridized carbons (Fsp3) is 0.105. The van der Waals surface area contributed by atoms with E-state index >= 15 is 0 Å². The summed E-state index contributed by atoms with van der Waals surface area (Å²) in [6.45, 7) is 0. The number of furan rings is 1. The minimum absolute atomic E-state index is 0.0663. The highest BCUT2D eigenvalue weighted by Gasteiger charge is 2.24. The predicted molar refractivity (Wildman–Crippen MR) is 167 cm³/mol. The van der Waals surface area contributed by atoms with E-state index in [1.165, 1.54) is 5.56 Å². The molecule has 0 amide bonds. The van der Waals surface area contributed by atoms with Crippen molar-refractivity contribution in [2.45, 2.75) is 19.3 Å². The Labute approximate surface area is 244 Å². The Hall–Kier alpha value is -5.22. The molecule has 42 heavy (non-hydrogen) atoms. The van der Waals surface area contributed by atoms with Gasteiger partial charge in [0.2, 0.25) is 0 Å². The number of hydrogen-bond donors (Lipinski definition) is 1. The van der Waals surface area contributed by atoms with E-state index in [-0.39, 0.29) is 12.2 Å². The van der Waals surface area contributed by atoms with Gasteiger partial charge in [-0.2, -0.15) is 0 Å². The first-order valence-corrected chi connectivity index (χ1v) is 14.1. The number of aliphatic carboxylic acids is 1. The van der Waals surface area contributed by atoms with Crippen LogP contribution in [0.15, 0.2) is 138 Å². The van der Waals surface area contributed by atoms with E-state index in [2.05, 4.69) is 30.3 Å². The smallest absolute Gasteiger partial charge is 0.307 e. The van der Waals surface area contributed by atoms with Crippen molar-refractivity contribution in [1.82, 2.24) is 0 Å². The normalized spacial score (nSPS) is 11.8. The van der Waals surface area contributed by atoms with Crippen LogP contribution >= 0.6 is 0 Å². The van der Waals surface area contributed by atoms with Gasteiger partial charge in [-0.25, -0.2) is 0 Å². The van der Waals surface area contributed by atoms with E-state index in [4.69, 9.17) is 4.42 Å². The average molecular weight is 551 g/mol. The van der Waals surface area contributed by atoms with Gasteiger partial charge in [0.1, 0.15) is 11.3 Å². The Morgan fingerprint density at radius 1 is 0.643 bits per heavy atom. The molecule has 1 heterocycles. The molecule has 0 radical (unpaired) electrons. The molecule has 0 fully saturated rings. The van der Waals surface area contributed by atoms with Crippen LogP contribution in [0.1, 0.15) is 33.7 Å². The van der Waals surface area contributed by atoms with E-state index in [0.29, 0.717) is 18.4 Å². The zero-order chi connectivity index (χ0) is 28.9. The van der Waals surface area contributed by atoms with Crippen LogP contribution in [0.5, 0.6) is 0 Å². The lowest BCUT2D eigenvalue weighted by molar-refractivity contribution is -0.141. The molecule has 5 aromatic carbocycles. The number of carbonyl (C=O) groups excluding carboxylic acids is 1. The molecule has 206 valence electrons. The van der Waals surface area contributed by atoms with Crippen molar-refractivity contribution in [2.75, 3.05) is 0 Å². The van der Waals surface area contributed by atoms with Crippen molar-refractivity contribution in [3.63, 3.8) is 0 Å². The highest BCUT2D eigenvalue weighted by atomic mass is 16.4. The van der Waals surface area contributed by atoms with Gasteiger partial charge in [-0.15, -0.1) is 0 Å². The molecule has 4 heteroatoms. The van der Waals surface area contributed by atoms with Crippen molar-refractivity contribution in [1.29, 1.82) is 0 Å². The molecule has 0 saturated carbocycles. The lowest BCUT2D eigenvalue weighted by atomic mass is 9.89. The number of carboxylic acids is 1. The third-order valence-electron chi connectivity index (χ3n) is 7.69. The molecule has 1 unspecified atom stereocenters. The quantitative estimate of drug-likeness (QED) is 0.173. The minimum atomic E-state index is -0.965. The van der Waals surface area contributed by atoms with Crippen LogP contribution in [0.25, 0.3) is 33.2 Å². The van der Waals surface area contributed by atoms with Crippen molar-refractivity contribution in [3.8, 4) is 22.3 Å². The Morgan fingerprint density at radius 2 is 1.24 bits per heavy atom. The van der Waals surface area contributed by atoms with Gasteiger partial charge in [-0.3, -0.25) is 9.59 Å². The molecule has 6 rings (SSSR count). The second-order valence-corrected chi connectivity index (χ2v) is 10.5. The third kappa shape index (κ3) is 5.79. The topological polar surface area (TPSA) is 67.5 Å². The molecule has 6 aromatic rings. The fourth-order valence-electron chi connectivity index (χ4n) is 5.59. The van der Waals surface area contributed by atoms with Crippen LogP contribution in [-0.2, 0) is 17.6 Å². The summed E-state index contributed by atoms with van der Waals surface area (Å²) in [7, 11) is 0. The molecule has 1 N–H and O–H groups in total. The second kappa shape index (κ2) is 12.1. The van der Waals surface area contributed by atoms with Crippen LogP contribution in [0.3, 0.4) is 0 Å². The standard InChI is InChI=1S/C38H30O4/c39-34(25-30(38(40)41)23-26-11-3-1-4-12-26)32-16-8-7-15-31(32)28-19-21-29(22-20-28)37-33-17-9-10-18-35(33)42-36(37)24-27-13-5-2-6-14-27/h1-22,30H,23-25H2,(H,40,41). The number of carbonyl (C=O) groups is 2. The largest absolute Gasteiger partial charge is 0.481 e. The number of benzene rings is 5. The molecule has 0 bridgehead atoms. The maximum absolute atomic E-state index is 13.5. The SMILES string of the molecule is O=C(CC(Cc1ccccc1)C(=O)O)c1ccccc1-c1ccc(-c2c(Cc3ccccc3)oc3ccccc23)cc1. The summed E-state index contributed by atoms with van der Waals surface area (Å²) in [5.41, 5.74) is 7.25. The average Bonchev–Trinajstić information content (AvgIpc) is 3.39. The summed E-state index contributed by atoms with van der Waals surface area (Å²) in [5.74, 6) is -1.03. The van der Waals surface area contributed by atoms with Crippen molar-refractivity contribution < 1.29 is 19.1 Å². The Morgan fingerprint density at radius 3 is 1.95 bits per heavy atom. The van der Waals surface area contributed by atoms with Crippen LogP contribution in [-0.4, -0.2) is 16.9 Å². The van der Waals surface area contributed by atoms with Crippen LogP contribution in [0.4, 0.5) is 0 Å². The zero-order valence-corrected chi connectivity index (χ0v) is 23.1. The van der Waals surface area contributed by atoms with Gasteiger partial charge in [0, 0.05) is 29.4 Å². The second-order valence-electron chi connectivity index (χ2n) is 10.5. The number of ketones is 1. The van der Waals surface area contributed by atoms with Gasteiger partial charge < -0.3 is 9.52 Å². The first-order valence-electron chi connectivity index (χ1n) is 14.1. The number of rotatable bonds is 10. The number of para-hydroxylation sites is 1. The molecule has 0 aliphatic carbocycles. The van der Waals surface area contributed by atoms with Gasteiger partial charge in [0.15, 0.2) is 5.78 Å². The highest BCUT2D eigenvalue weighted by molar-refractivity contribution is 6.04. The van der Waals surface area contributed by atoms with Gasteiger partial charge in [0.05, 0.1) is 5.92 Å². The molecule has 4 nitrogen and oxygen atoms in total. The first-order chi connectivity index (χ1) is 20.6. The van der Waals surface area contributed by atoms with E-state index in [9.17, 15) is 14.7 Å². The fourth-order valence-corrected chi connectivity index (χ4v) is 5.59. The van der Waals surface area contributed by atoms with Crippen molar-refractivity contribution in [2.24, 2.45) is 5.92 Å². The lowest BCUT2D eigenvalue weighted by Gasteiger charge is -2.14. The van der Waals surface area contributed by atoms with Crippen LogP contribution < -0.4 is 0 Å². The summed E-state index contributed by atoms with van der Waals surface area (Å²) >= 11 is 0. The monoisotopic (exact) mass is 550 g/mol. The number of Topliss-reactive ketones (excluding diaryl/α,β-unsaturated/α-hetero) is 1. The first kappa shape index (κ1) is 27.0. The maximum Gasteiger partial charge on any atom is 0.307 e. The molecular formula is C38H30O4. The molecule has 1 atom stereocenters. The molecule has 0 aliphatic heterocycles. The van der Waals surface area contributed by atoms with E-state index in [1.54, 1.807) is 6.07 Å².